The first-order chi connectivity index (χ1) is 7.93. The number of nitrogens with one attached hydrogen (secondary N) is 1. The standard InChI is InChI=1S/C8H9N5O2S.In/c1-5(7(10)14)16-3-6(2-12-4-9)13-8(11)15;/h2,9H,1H2,(H5,10,11,13,14,15);/q;+1/p-1. The van der Waals surface area contributed by atoms with Gasteiger partial charge >= 0.3 is 113 Å². The van der Waals surface area contributed by atoms with Crippen LogP contribution in [0.3, 0.4) is 0 Å². The number of urea groups is 1. The molecule has 0 aromatic heterocycles. The van der Waals surface area contributed by atoms with E-state index in [2.05, 4.69) is 11.9 Å². The molecule has 0 aromatic carbocycles. The second-order valence-electron chi connectivity index (χ2n) is 2.92. The van der Waals surface area contributed by atoms with Gasteiger partial charge in [-0.3, -0.25) is 0 Å². The van der Waals surface area contributed by atoms with E-state index in [1.807, 2.05) is 6.19 Å². The number of carbonyl (C=O) groups excluding carboxylic acids is 2. The van der Waals surface area contributed by atoms with Gasteiger partial charge in [-0.2, -0.15) is 0 Å². The van der Waals surface area contributed by atoms with Crippen molar-refractivity contribution < 1.29 is 9.59 Å². The van der Waals surface area contributed by atoms with Crippen molar-refractivity contribution in [3.05, 3.63) is 23.4 Å². The van der Waals surface area contributed by atoms with Gasteiger partial charge in [-0.25, -0.2) is 0 Å². The minimum absolute atomic E-state index is 0.170. The number of thioether (sulfide) groups is 1. The van der Waals surface area contributed by atoms with Crippen LogP contribution in [0.2, 0.25) is 0 Å². The van der Waals surface area contributed by atoms with Gasteiger partial charge in [0, 0.05) is 0 Å². The third-order valence-electron chi connectivity index (χ3n) is 1.67. The summed E-state index contributed by atoms with van der Waals surface area (Å²) in [5.74, 6) is -0.626. The molecule has 7 nitrogen and oxygen atoms in total. The van der Waals surface area contributed by atoms with Crippen LogP contribution in [0.4, 0.5) is 4.79 Å². The Morgan fingerprint density at radius 2 is 2.24 bits per heavy atom. The van der Waals surface area contributed by atoms with Gasteiger partial charge in [-0.1, -0.05) is 0 Å². The molecule has 0 bridgehead atoms. The van der Waals surface area contributed by atoms with Crippen LogP contribution < -0.4 is 16.8 Å². The summed E-state index contributed by atoms with van der Waals surface area (Å²) in [5, 5.41) is 11.2. The van der Waals surface area contributed by atoms with Gasteiger partial charge in [-0.05, 0) is 0 Å². The van der Waals surface area contributed by atoms with E-state index in [0.717, 1.165) is 14.3 Å². The maximum absolute atomic E-state index is 10.9. The zero-order chi connectivity index (χ0) is 13.0. The van der Waals surface area contributed by atoms with E-state index < -0.39 is 34.6 Å². The Hall–Kier alpha value is -1.40. The van der Waals surface area contributed by atoms with Crippen LogP contribution in [0.1, 0.15) is 0 Å². The molecule has 3 amide bonds. The van der Waals surface area contributed by atoms with Crippen molar-refractivity contribution >= 4 is 49.0 Å². The van der Waals surface area contributed by atoms with E-state index in [0.29, 0.717) is 5.70 Å². The third kappa shape index (κ3) is 3.83. The zero-order valence-electron chi connectivity index (χ0n) is 8.64. The van der Waals surface area contributed by atoms with Crippen LogP contribution in [0, 0.1) is 11.5 Å². The molecular weight excluding hydrogens is 345 g/mol. The van der Waals surface area contributed by atoms with Crippen LogP contribution in [0.5, 0.6) is 0 Å². The number of rotatable bonds is 4. The summed E-state index contributed by atoms with van der Waals surface area (Å²) in [6, 6.07) is -0.721. The molecule has 0 saturated carbocycles. The van der Waals surface area contributed by atoms with Crippen LogP contribution in [0.15, 0.2) is 23.4 Å². The van der Waals surface area contributed by atoms with Crippen LogP contribution in [-0.4, -0.2) is 40.1 Å². The number of carbonyl (C=O) groups is 2. The number of nitriles is 1. The van der Waals surface area contributed by atoms with Gasteiger partial charge in [0.05, 0.1) is 0 Å². The monoisotopic (exact) mass is 353 g/mol. The second-order valence-corrected chi connectivity index (χ2v) is 9.23. The molecular formula is C8H8InN5O2S. The summed E-state index contributed by atoms with van der Waals surface area (Å²) in [5.41, 5.74) is 10.5. The normalized spacial score (nSPS) is 13.0. The fourth-order valence-electron chi connectivity index (χ4n) is 0.985. The van der Waals surface area contributed by atoms with Crippen molar-refractivity contribution in [3.63, 3.8) is 0 Å². The minimum atomic E-state index is -1.56. The molecule has 0 saturated heterocycles. The van der Waals surface area contributed by atoms with Gasteiger partial charge < -0.3 is 0 Å². The summed E-state index contributed by atoms with van der Waals surface area (Å²) < 4.78 is 2.24. The fraction of sp³-hybridized carbons (Fsp3) is 0. The maximum atomic E-state index is 10.9. The molecule has 1 rings (SSSR count). The molecule has 0 aromatic rings. The first-order valence-corrected chi connectivity index (χ1v) is 8.23. The van der Waals surface area contributed by atoms with Crippen molar-refractivity contribution in [1.29, 1.82) is 5.26 Å². The summed E-state index contributed by atoms with van der Waals surface area (Å²) in [6.07, 6.45) is 3.47. The first-order valence-electron chi connectivity index (χ1n) is 4.29. The number of nitrogens with zero attached hydrogens (tertiary/aromatic N) is 2. The number of nitrogens with two attached hydrogens (primary N) is 2. The molecule has 0 aliphatic carbocycles. The zero-order valence-corrected chi connectivity index (χ0v) is 12.7. The van der Waals surface area contributed by atoms with Gasteiger partial charge in [0.2, 0.25) is 0 Å². The van der Waals surface area contributed by atoms with E-state index in [-0.39, 0.29) is 4.91 Å². The molecule has 1 heterocycles. The second kappa shape index (κ2) is 5.79. The molecule has 0 unspecified atom stereocenters. The summed E-state index contributed by atoms with van der Waals surface area (Å²) in [7, 11) is 0. The van der Waals surface area contributed by atoms with Gasteiger partial charge in [-0.15, -0.1) is 0 Å². The predicted octanol–water partition coefficient (Wildman–Crippen LogP) is -1.23. The molecule has 5 N–H and O–H groups in total. The number of primary amides is 2. The van der Waals surface area contributed by atoms with E-state index in [9.17, 15) is 9.59 Å². The van der Waals surface area contributed by atoms with Crippen LogP contribution in [-0.2, 0) is 4.79 Å². The average molecular weight is 353 g/mol. The van der Waals surface area contributed by atoms with Crippen molar-refractivity contribution in [3.8, 4) is 6.19 Å². The van der Waals surface area contributed by atoms with Gasteiger partial charge in [0.15, 0.2) is 0 Å². The molecule has 0 spiro atoms. The molecule has 1 aliphatic heterocycles. The Kier molecular flexibility index (Phi) is 4.65. The number of hydrogen-bond donors (Lipinski definition) is 3. The molecule has 0 fully saturated rings. The molecule has 17 heavy (non-hydrogen) atoms. The van der Waals surface area contributed by atoms with Crippen molar-refractivity contribution in [2.75, 3.05) is 0 Å². The predicted molar refractivity (Wildman–Crippen MR) is 64.9 cm³/mol. The number of hydrogen-bond acceptors (Lipinski definition) is 5. The van der Waals surface area contributed by atoms with Crippen molar-refractivity contribution in [2.45, 2.75) is 0 Å². The van der Waals surface area contributed by atoms with Crippen LogP contribution in [0.25, 0.3) is 0 Å². The number of amides is 3. The molecule has 1 aliphatic rings. The summed E-state index contributed by atoms with van der Waals surface area (Å²) in [6.45, 7) is 3.51. The Morgan fingerprint density at radius 1 is 1.59 bits per heavy atom. The van der Waals surface area contributed by atoms with Gasteiger partial charge in [0.25, 0.3) is 0 Å². The summed E-state index contributed by atoms with van der Waals surface area (Å²) in [4.78, 5) is 21.8. The van der Waals surface area contributed by atoms with Gasteiger partial charge in [0.1, 0.15) is 0 Å². The van der Waals surface area contributed by atoms with E-state index in [1.165, 1.54) is 9.09 Å². The Bertz CT molecular complexity index is 493. The third-order valence-corrected chi connectivity index (χ3v) is 7.38. The Labute approximate surface area is 113 Å². The Balaban J connectivity index is 2.86. The average Bonchev–Trinajstić information content (AvgIpc) is 2.59. The molecule has 9 heteroatoms. The Morgan fingerprint density at radius 3 is 2.71 bits per heavy atom. The molecule has 86 valence electrons. The molecule has 0 radical (unpaired) electrons. The quantitative estimate of drug-likeness (QED) is 0.431. The van der Waals surface area contributed by atoms with E-state index in [4.69, 9.17) is 16.7 Å². The SMILES string of the molecule is C=C(S[C]1=[In][N](C#N)C=C1NC(N)=O)C(N)=O. The molecule has 0 atom stereocenters. The first kappa shape index (κ1) is 13.7. The van der Waals surface area contributed by atoms with Crippen molar-refractivity contribution in [1.82, 2.24) is 8.20 Å². The van der Waals surface area contributed by atoms with Crippen molar-refractivity contribution in [2.24, 2.45) is 11.5 Å². The van der Waals surface area contributed by atoms with Crippen LogP contribution >= 0.6 is 11.8 Å². The van der Waals surface area contributed by atoms with E-state index >= 15 is 0 Å². The van der Waals surface area contributed by atoms with E-state index in [1.54, 1.807) is 0 Å². The summed E-state index contributed by atoms with van der Waals surface area (Å²) >= 11 is -0.471. The topological polar surface area (TPSA) is 125 Å². The fourth-order valence-corrected chi connectivity index (χ4v) is 6.39.